The van der Waals surface area contributed by atoms with Crippen LogP contribution in [0.25, 0.3) is 0 Å². The summed E-state index contributed by atoms with van der Waals surface area (Å²) in [6.07, 6.45) is 21.7. The van der Waals surface area contributed by atoms with Gasteiger partial charge in [-0.2, -0.15) is 0 Å². The first-order valence-corrected chi connectivity index (χ1v) is 9.73. The van der Waals surface area contributed by atoms with E-state index in [-0.39, 0.29) is 12.4 Å². The zero-order valence-corrected chi connectivity index (χ0v) is 16.1. The van der Waals surface area contributed by atoms with Crippen LogP contribution in [0.15, 0.2) is 0 Å². The molecule has 2 atom stereocenters. The number of rotatable bonds is 15. The van der Waals surface area contributed by atoms with E-state index in [1.165, 1.54) is 96.3 Å². The highest BCUT2D eigenvalue weighted by atomic mass is 35.5. The molecule has 0 heterocycles. The quantitative estimate of drug-likeness (QED) is 0.216. The van der Waals surface area contributed by atoms with Crippen LogP contribution in [0.2, 0.25) is 0 Å². The SMILES string of the molecule is CCCCCCCCCCCCCCC(P)CCC.Cl. The third-order valence-corrected chi connectivity index (χ3v) is 4.75. The normalized spacial score (nSPS) is 12.2. The van der Waals surface area contributed by atoms with E-state index in [9.17, 15) is 0 Å². The van der Waals surface area contributed by atoms with Crippen molar-refractivity contribution in [1.82, 2.24) is 0 Å². The van der Waals surface area contributed by atoms with Crippen LogP contribution in [0.4, 0.5) is 0 Å². The molecular formula is C18H40ClP. The molecule has 0 fully saturated rings. The first-order valence-electron chi connectivity index (χ1n) is 9.06. The van der Waals surface area contributed by atoms with Gasteiger partial charge in [0.25, 0.3) is 0 Å². The van der Waals surface area contributed by atoms with Crippen LogP contribution < -0.4 is 0 Å². The molecule has 0 bridgehead atoms. The van der Waals surface area contributed by atoms with Gasteiger partial charge in [-0.3, -0.25) is 0 Å². The Morgan fingerprint density at radius 1 is 0.550 bits per heavy atom. The van der Waals surface area contributed by atoms with Gasteiger partial charge >= 0.3 is 0 Å². The van der Waals surface area contributed by atoms with Crippen LogP contribution in [0, 0.1) is 0 Å². The fraction of sp³-hybridized carbons (Fsp3) is 1.00. The summed E-state index contributed by atoms with van der Waals surface area (Å²) < 4.78 is 0. The summed E-state index contributed by atoms with van der Waals surface area (Å²) in [5.74, 6) is 0. The van der Waals surface area contributed by atoms with Crippen molar-refractivity contribution in [1.29, 1.82) is 0 Å². The van der Waals surface area contributed by atoms with E-state index >= 15 is 0 Å². The molecule has 0 aliphatic rings. The highest BCUT2D eigenvalue weighted by Gasteiger charge is 2.00. The molecular weight excluding hydrogens is 283 g/mol. The van der Waals surface area contributed by atoms with Crippen molar-refractivity contribution < 1.29 is 0 Å². The smallest absolute Gasteiger partial charge is 0.0264 e. The van der Waals surface area contributed by atoms with E-state index in [4.69, 9.17) is 0 Å². The van der Waals surface area contributed by atoms with Crippen molar-refractivity contribution in [3.8, 4) is 0 Å². The number of halogens is 1. The lowest BCUT2D eigenvalue weighted by atomic mass is 10.0. The summed E-state index contributed by atoms with van der Waals surface area (Å²) in [5, 5.41) is 0. The first kappa shape index (κ1) is 23.0. The van der Waals surface area contributed by atoms with Gasteiger partial charge in [0.1, 0.15) is 0 Å². The minimum absolute atomic E-state index is 0. The van der Waals surface area contributed by atoms with Gasteiger partial charge in [0, 0.05) is 0 Å². The molecule has 2 heteroatoms. The average molecular weight is 323 g/mol. The molecule has 2 unspecified atom stereocenters. The Bertz CT molecular complexity index is 161. The summed E-state index contributed by atoms with van der Waals surface area (Å²) in [6.45, 7) is 4.58. The summed E-state index contributed by atoms with van der Waals surface area (Å²) in [7, 11) is 3.02. The molecule has 0 saturated heterocycles. The van der Waals surface area contributed by atoms with Crippen molar-refractivity contribution in [2.75, 3.05) is 0 Å². The van der Waals surface area contributed by atoms with Crippen molar-refractivity contribution in [3.63, 3.8) is 0 Å². The topological polar surface area (TPSA) is 0 Å². The van der Waals surface area contributed by atoms with Gasteiger partial charge in [0.05, 0.1) is 0 Å². The van der Waals surface area contributed by atoms with Crippen LogP contribution in [0.3, 0.4) is 0 Å². The summed E-state index contributed by atoms with van der Waals surface area (Å²) >= 11 is 0. The molecule has 0 saturated carbocycles. The molecule has 0 N–H and O–H groups in total. The predicted molar refractivity (Wildman–Crippen MR) is 101 cm³/mol. The van der Waals surface area contributed by atoms with Gasteiger partial charge in [0.15, 0.2) is 0 Å². The Kier molecular flexibility index (Phi) is 22.7. The fourth-order valence-corrected chi connectivity index (χ4v) is 3.33. The fourth-order valence-electron chi connectivity index (χ4n) is 2.76. The highest BCUT2D eigenvalue weighted by Crippen LogP contribution is 2.17. The summed E-state index contributed by atoms with van der Waals surface area (Å²) in [6, 6.07) is 0. The average Bonchev–Trinajstić information content (AvgIpc) is 2.40. The number of hydrogen-bond donors (Lipinski definition) is 0. The molecule has 0 amide bonds. The van der Waals surface area contributed by atoms with Gasteiger partial charge in [-0.1, -0.05) is 97.3 Å². The van der Waals surface area contributed by atoms with Crippen LogP contribution in [0.1, 0.15) is 110 Å². The second kappa shape index (κ2) is 19.7. The Morgan fingerprint density at radius 3 is 1.35 bits per heavy atom. The van der Waals surface area contributed by atoms with E-state index in [0.29, 0.717) is 0 Å². The molecule has 0 aliphatic carbocycles. The van der Waals surface area contributed by atoms with Gasteiger partial charge in [-0.25, -0.2) is 0 Å². The maximum atomic E-state index is 3.02. The number of unbranched alkanes of at least 4 members (excludes halogenated alkanes) is 11. The minimum Gasteiger partial charge on any atom is -0.147 e. The molecule has 0 aromatic rings. The molecule has 0 aromatic heterocycles. The molecule has 0 spiro atoms. The maximum Gasteiger partial charge on any atom is -0.0264 e. The largest absolute Gasteiger partial charge is 0.147 e. The summed E-state index contributed by atoms with van der Waals surface area (Å²) in [5.41, 5.74) is 0.883. The Morgan fingerprint density at radius 2 is 0.950 bits per heavy atom. The second-order valence-corrected chi connectivity index (χ2v) is 7.17. The number of hydrogen-bond acceptors (Lipinski definition) is 0. The Balaban J connectivity index is 0. The summed E-state index contributed by atoms with van der Waals surface area (Å²) in [4.78, 5) is 0. The lowest BCUT2D eigenvalue weighted by Gasteiger charge is -2.09. The van der Waals surface area contributed by atoms with E-state index in [1.54, 1.807) is 0 Å². The van der Waals surface area contributed by atoms with Crippen molar-refractivity contribution >= 4 is 21.6 Å². The molecule has 20 heavy (non-hydrogen) atoms. The van der Waals surface area contributed by atoms with Crippen LogP contribution >= 0.6 is 21.6 Å². The van der Waals surface area contributed by atoms with Crippen LogP contribution in [0.5, 0.6) is 0 Å². The van der Waals surface area contributed by atoms with Crippen molar-refractivity contribution in [2.24, 2.45) is 0 Å². The van der Waals surface area contributed by atoms with E-state index in [0.717, 1.165) is 5.66 Å². The minimum atomic E-state index is 0. The predicted octanol–water partition coefficient (Wildman–Crippen LogP) is 7.54. The first-order chi connectivity index (χ1) is 9.31. The molecule has 0 nitrogen and oxygen atoms in total. The van der Waals surface area contributed by atoms with Crippen molar-refractivity contribution in [3.05, 3.63) is 0 Å². The third kappa shape index (κ3) is 18.7. The molecule has 0 rings (SSSR count). The van der Waals surface area contributed by atoms with Gasteiger partial charge in [0.2, 0.25) is 0 Å². The Labute approximate surface area is 137 Å². The lowest BCUT2D eigenvalue weighted by molar-refractivity contribution is 0.534. The van der Waals surface area contributed by atoms with E-state index < -0.39 is 0 Å². The maximum absolute atomic E-state index is 3.02. The zero-order chi connectivity index (χ0) is 14.2. The monoisotopic (exact) mass is 322 g/mol. The van der Waals surface area contributed by atoms with Gasteiger partial charge in [-0.05, 0) is 18.5 Å². The molecule has 0 aromatic carbocycles. The lowest BCUT2D eigenvalue weighted by Crippen LogP contribution is -1.96. The molecule has 0 aliphatic heterocycles. The van der Waals surface area contributed by atoms with Gasteiger partial charge < -0.3 is 0 Å². The Hall–Kier alpha value is 0.720. The highest BCUT2D eigenvalue weighted by molar-refractivity contribution is 7.17. The van der Waals surface area contributed by atoms with E-state index in [2.05, 4.69) is 23.1 Å². The van der Waals surface area contributed by atoms with E-state index in [1.807, 2.05) is 0 Å². The third-order valence-electron chi connectivity index (χ3n) is 4.09. The van der Waals surface area contributed by atoms with Crippen molar-refractivity contribution in [2.45, 2.75) is 116 Å². The van der Waals surface area contributed by atoms with Gasteiger partial charge in [-0.15, -0.1) is 21.6 Å². The molecule has 124 valence electrons. The standard InChI is InChI=1S/C18H39P.ClH/c1-3-5-6-7-8-9-10-11-12-13-14-15-17-18(19)16-4-2;/h18H,3-17,19H2,1-2H3;1H. The molecule has 0 radical (unpaired) electrons. The van der Waals surface area contributed by atoms with Crippen LogP contribution in [-0.4, -0.2) is 5.66 Å². The second-order valence-electron chi connectivity index (χ2n) is 6.23. The zero-order valence-electron chi connectivity index (χ0n) is 14.2. The van der Waals surface area contributed by atoms with Crippen LogP contribution in [-0.2, 0) is 0 Å².